The van der Waals surface area contributed by atoms with E-state index in [0.29, 0.717) is 29.9 Å². The van der Waals surface area contributed by atoms with Crippen molar-refractivity contribution in [2.45, 2.75) is 44.7 Å². The first-order valence-electron chi connectivity index (χ1n) is 10.4. The van der Waals surface area contributed by atoms with Crippen molar-refractivity contribution in [1.29, 1.82) is 0 Å². The topological polar surface area (TPSA) is 144 Å². The smallest absolute Gasteiger partial charge is 0.395 e. The predicted octanol–water partition coefficient (Wildman–Crippen LogP) is -0.262. The van der Waals surface area contributed by atoms with Gasteiger partial charge in [0.05, 0.1) is 11.6 Å². The molecule has 5 unspecified atom stereocenters. The number of rotatable bonds is 7. The molecule has 2 aliphatic heterocycles. The fourth-order valence-corrected chi connectivity index (χ4v) is 4.56. The Morgan fingerprint density at radius 3 is 2.72 bits per heavy atom. The van der Waals surface area contributed by atoms with Gasteiger partial charge in [-0.25, -0.2) is 0 Å². The maximum atomic E-state index is 13.5. The summed E-state index contributed by atoms with van der Waals surface area (Å²) >= 11 is 0. The number of aliphatic imine (C=N–C) groups is 1. The number of fused-ring (bicyclic) bond motifs is 2. The highest BCUT2D eigenvalue weighted by Gasteiger charge is 2.54. The van der Waals surface area contributed by atoms with Crippen molar-refractivity contribution in [3.8, 4) is 0 Å². The van der Waals surface area contributed by atoms with Gasteiger partial charge in [0.1, 0.15) is 12.5 Å². The second kappa shape index (κ2) is 9.49. The lowest BCUT2D eigenvalue weighted by Gasteiger charge is -2.30. The molecule has 1 spiro atoms. The van der Waals surface area contributed by atoms with Crippen LogP contribution in [-0.2, 0) is 0 Å². The first kappa shape index (κ1) is 24.7. The van der Waals surface area contributed by atoms with Gasteiger partial charge in [0, 0.05) is 49.7 Å². The maximum absolute atomic E-state index is 13.5. The molecule has 0 aromatic rings. The van der Waals surface area contributed by atoms with Crippen LogP contribution in [0.25, 0.3) is 0 Å². The number of likely N-dealkylation sites (tertiary alicyclic amines) is 2. The lowest BCUT2D eigenvalue weighted by Crippen LogP contribution is -2.48. The molecular formula is C20H31F3N6O3. The highest BCUT2D eigenvalue weighted by molar-refractivity contribution is 5.61. The Balaban J connectivity index is 1.83. The highest BCUT2D eigenvalue weighted by atomic mass is 19.4. The third-order valence-corrected chi connectivity index (χ3v) is 6.27. The highest BCUT2D eigenvalue weighted by Crippen LogP contribution is 2.52. The van der Waals surface area contributed by atoms with Crippen molar-refractivity contribution in [3.05, 3.63) is 35.3 Å². The molecule has 8 N–H and O–H groups in total. The minimum Gasteiger partial charge on any atom is -0.403 e. The van der Waals surface area contributed by atoms with Crippen LogP contribution in [0.3, 0.4) is 0 Å². The van der Waals surface area contributed by atoms with Gasteiger partial charge in [-0.3, -0.25) is 15.2 Å². The van der Waals surface area contributed by atoms with Crippen molar-refractivity contribution < 1.29 is 28.5 Å². The quantitative estimate of drug-likeness (QED) is 0.225. The molecule has 3 aliphatic rings. The molecule has 9 nitrogen and oxygen atoms in total. The number of hydrogen-bond donors (Lipinski definition) is 6. The summed E-state index contributed by atoms with van der Waals surface area (Å²) < 4.78 is 40.4. The molecule has 0 amide bonds. The molecule has 32 heavy (non-hydrogen) atoms. The lowest BCUT2D eigenvalue weighted by molar-refractivity contribution is -0.160. The average Bonchev–Trinajstić information content (AvgIpc) is 3.31. The summed E-state index contributed by atoms with van der Waals surface area (Å²) in [7, 11) is 0. The van der Waals surface area contributed by atoms with Gasteiger partial charge in [-0.2, -0.15) is 13.2 Å². The Bertz CT molecular complexity index is 813. The van der Waals surface area contributed by atoms with Crippen LogP contribution in [0.1, 0.15) is 19.8 Å². The third-order valence-electron chi connectivity index (χ3n) is 6.27. The summed E-state index contributed by atoms with van der Waals surface area (Å²) in [5.74, 6) is -1.61. The fourth-order valence-electron chi connectivity index (χ4n) is 4.56. The second-order valence-corrected chi connectivity index (χ2v) is 8.49. The van der Waals surface area contributed by atoms with E-state index in [4.69, 9.17) is 11.5 Å². The van der Waals surface area contributed by atoms with Gasteiger partial charge in [0.15, 0.2) is 6.35 Å². The van der Waals surface area contributed by atoms with Crippen molar-refractivity contribution in [3.63, 3.8) is 0 Å². The Morgan fingerprint density at radius 1 is 1.38 bits per heavy atom. The van der Waals surface area contributed by atoms with Crippen LogP contribution in [0.4, 0.5) is 13.2 Å². The second-order valence-electron chi connectivity index (χ2n) is 8.49. The largest absolute Gasteiger partial charge is 0.403 e. The minimum atomic E-state index is -4.38. The van der Waals surface area contributed by atoms with Gasteiger partial charge in [-0.05, 0) is 25.3 Å². The van der Waals surface area contributed by atoms with Crippen molar-refractivity contribution in [2.75, 3.05) is 26.2 Å². The number of halogens is 3. The van der Waals surface area contributed by atoms with Crippen LogP contribution in [0.2, 0.25) is 0 Å². The van der Waals surface area contributed by atoms with Gasteiger partial charge in [-0.15, -0.1) is 0 Å². The van der Waals surface area contributed by atoms with E-state index in [2.05, 4.69) is 10.3 Å². The van der Waals surface area contributed by atoms with E-state index in [1.807, 2.05) is 0 Å². The van der Waals surface area contributed by atoms with Crippen LogP contribution >= 0.6 is 0 Å². The molecule has 0 radical (unpaired) electrons. The van der Waals surface area contributed by atoms with Crippen LogP contribution in [0, 0.1) is 11.3 Å². The van der Waals surface area contributed by atoms with E-state index in [0.717, 1.165) is 0 Å². The van der Waals surface area contributed by atoms with Crippen LogP contribution in [0.15, 0.2) is 40.3 Å². The first-order valence-corrected chi connectivity index (χ1v) is 10.4. The Labute approximate surface area is 184 Å². The standard InChI is InChI=1S/C20H31F3N6O3/c1-12(9-24)26-5-6-27-18(32)29-11-19(4-7-28(10-19)17(31)16(25)30)14-8-13(20(21,22)23)2-3-15(14)29/h3,5,8-9,13,16-18,27,30-32H,2,4,6-7,10-11,24-25H2,1H3/b12-9-,26-5-. The van der Waals surface area contributed by atoms with Gasteiger partial charge in [-0.1, -0.05) is 12.2 Å². The number of nitrogens with zero attached hydrogens (tertiary/aromatic N) is 3. The molecule has 180 valence electrons. The van der Waals surface area contributed by atoms with E-state index >= 15 is 0 Å². The average molecular weight is 461 g/mol. The molecule has 5 atom stereocenters. The van der Waals surface area contributed by atoms with E-state index in [-0.39, 0.29) is 26.1 Å². The molecular weight excluding hydrogens is 429 g/mol. The molecule has 0 bridgehead atoms. The molecule has 2 saturated heterocycles. The van der Waals surface area contributed by atoms with Gasteiger partial charge in [0.2, 0.25) is 0 Å². The number of aliphatic hydroxyl groups excluding tert-OH is 3. The summed E-state index contributed by atoms with van der Waals surface area (Å²) in [4.78, 5) is 7.26. The zero-order valence-electron chi connectivity index (χ0n) is 17.8. The van der Waals surface area contributed by atoms with Crippen LogP contribution in [0.5, 0.6) is 0 Å². The molecule has 0 aromatic heterocycles. The number of aliphatic hydroxyl groups is 3. The predicted molar refractivity (Wildman–Crippen MR) is 112 cm³/mol. The van der Waals surface area contributed by atoms with Gasteiger partial charge < -0.3 is 31.7 Å². The van der Waals surface area contributed by atoms with E-state index in [1.54, 1.807) is 16.7 Å². The summed E-state index contributed by atoms with van der Waals surface area (Å²) in [5.41, 5.74) is 11.7. The zero-order chi connectivity index (χ0) is 23.7. The van der Waals surface area contributed by atoms with Crippen molar-refractivity contribution in [1.82, 2.24) is 15.1 Å². The Hall–Kier alpha value is -1.96. The molecule has 1 aliphatic carbocycles. The van der Waals surface area contributed by atoms with Gasteiger partial charge in [0.25, 0.3) is 0 Å². The normalized spacial score (nSPS) is 29.9. The van der Waals surface area contributed by atoms with Crippen LogP contribution in [-0.4, -0.2) is 82.5 Å². The van der Waals surface area contributed by atoms with Crippen LogP contribution < -0.4 is 16.8 Å². The molecule has 0 aromatic carbocycles. The summed E-state index contributed by atoms with van der Waals surface area (Å²) in [6.07, 6.45) is -2.46. The summed E-state index contributed by atoms with van der Waals surface area (Å²) in [5, 5.41) is 33.3. The van der Waals surface area contributed by atoms with E-state index in [1.165, 1.54) is 24.6 Å². The fraction of sp³-hybridized carbons (Fsp3) is 0.650. The summed E-state index contributed by atoms with van der Waals surface area (Å²) in [6.45, 7) is 2.76. The Kier molecular flexibility index (Phi) is 7.32. The van der Waals surface area contributed by atoms with E-state index in [9.17, 15) is 28.5 Å². The zero-order valence-corrected chi connectivity index (χ0v) is 17.8. The number of hydrogen-bond acceptors (Lipinski definition) is 9. The Morgan fingerprint density at radius 2 is 2.09 bits per heavy atom. The SMILES string of the molecule is CC(=C/N)/N=C\CNC(O)N1CC2(CCN(C(O)C(N)O)C2)C2=CC(C(F)(F)F)CC=C21. The maximum Gasteiger partial charge on any atom is 0.395 e. The first-order chi connectivity index (χ1) is 15.0. The van der Waals surface area contributed by atoms with Crippen molar-refractivity contribution in [2.24, 2.45) is 27.8 Å². The molecule has 2 heterocycles. The monoisotopic (exact) mass is 460 g/mol. The third kappa shape index (κ3) is 5.00. The molecule has 12 heteroatoms. The lowest BCUT2D eigenvalue weighted by atomic mass is 9.77. The molecule has 3 rings (SSSR count). The number of allylic oxidation sites excluding steroid dienone is 4. The number of nitrogens with one attached hydrogen (secondary N) is 1. The minimum absolute atomic E-state index is 0.210. The molecule has 0 saturated carbocycles. The van der Waals surface area contributed by atoms with Gasteiger partial charge >= 0.3 is 6.18 Å². The number of nitrogens with two attached hydrogens (primary N) is 2. The van der Waals surface area contributed by atoms with E-state index < -0.39 is 36.3 Å². The van der Waals surface area contributed by atoms with Crippen molar-refractivity contribution >= 4 is 6.21 Å². The summed E-state index contributed by atoms with van der Waals surface area (Å²) in [6, 6.07) is 0. The molecule has 2 fully saturated rings. The number of alkyl halides is 3.